The highest BCUT2D eigenvalue weighted by atomic mass is 16.4. The molecule has 0 spiro atoms. The van der Waals surface area contributed by atoms with Gasteiger partial charge in [0.05, 0.1) is 11.3 Å². The summed E-state index contributed by atoms with van der Waals surface area (Å²) in [6.45, 7) is 1.71. The van der Waals surface area contributed by atoms with Crippen molar-refractivity contribution in [2.24, 2.45) is 5.73 Å². The van der Waals surface area contributed by atoms with Crippen LogP contribution in [0.1, 0.15) is 30.1 Å². The van der Waals surface area contributed by atoms with Gasteiger partial charge in [-0.2, -0.15) is 0 Å². The molecule has 0 fully saturated rings. The molecule has 7 nitrogen and oxygen atoms in total. The molecular weight excluding hydrogens is 262 g/mol. The summed E-state index contributed by atoms with van der Waals surface area (Å²) < 4.78 is 0. The number of hydrogen-bond donors (Lipinski definition) is 4. The summed E-state index contributed by atoms with van der Waals surface area (Å²) in [6, 6.07) is 4.25. The van der Waals surface area contributed by atoms with Crippen molar-refractivity contribution < 1.29 is 19.5 Å². The van der Waals surface area contributed by atoms with Crippen molar-refractivity contribution in [3.63, 3.8) is 0 Å². The van der Waals surface area contributed by atoms with Crippen LogP contribution in [0.3, 0.4) is 0 Å². The molecule has 5 N–H and O–H groups in total. The van der Waals surface area contributed by atoms with Crippen LogP contribution in [0.25, 0.3) is 0 Å². The fourth-order valence-electron chi connectivity index (χ4n) is 1.59. The molecule has 0 radical (unpaired) electrons. The number of anilines is 2. The highest BCUT2D eigenvalue weighted by molar-refractivity contribution is 6.02. The number of rotatable bonds is 6. The molecule has 1 aromatic rings. The first-order valence-corrected chi connectivity index (χ1v) is 6.09. The molecule has 0 aliphatic heterocycles. The lowest BCUT2D eigenvalue weighted by Gasteiger charge is -2.10. The SMILES string of the molecule is CC(=O)Nc1ccc(NC(=O)CCCN)c(C(=O)O)c1. The third kappa shape index (κ3) is 4.69. The van der Waals surface area contributed by atoms with Gasteiger partial charge in [-0.3, -0.25) is 9.59 Å². The second-order valence-electron chi connectivity index (χ2n) is 4.19. The van der Waals surface area contributed by atoms with Crippen molar-refractivity contribution in [3.8, 4) is 0 Å². The van der Waals surface area contributed by atoms with Gasteiger partial charge in [0.1, 0.15) is 0 Å². The number of aromatic carboxylic acids is 1. The number of carboxylic acids is 1. The average molecular weight is 279 g/mol. The van der Waals surface area contributed by atoms with E-state index in [-0.39, 0.29) is 29.5 Å². The van der Waals surface area contributed by atoms with Gasteiger partial charge in [0.15, 0.2) is 0 Å². The summed E-state index contributed by atoms with van der Waals surface area (Å²) in [5.41, 5.74) is 5.76. The van der Waals surface area contributed by atoms with E-state index in [2.05, 4.69) is 10.6 Å². The van der Waals surface area contributed by atoms with Crippen LogP contribution in [0.4, 0.5) is 11.4 Å². The van der Waals surface area contributed by atoms with E-state index in [1.54, 1.807) is 0 Å². The first kappa shape index (κ1) is 15.6. The lowest BCUT2D eigenvalue weighted by molar-refractivity contribution is -0.116. The van der Waals surface area contributed by atoms with Gasteiger partial charge in [-0.25, -0.2) is 4.79 Å². The first-order chi connectivity index (χ1) is 9.43. The number of nitrogens with one attached hydrogen (secondary N) is 2. The minimum Gasteiger partial charge on any atom is -0.478 e. The van der Waals surface area contributed by atoms with Crippen LogP contribution in [0.5, 0.6) is 0 Å². The maximum absolute atomic E-state index is 11.6. The van der Waals surface area contributed by atoms with Gasteiger partial charge < -0.3 is 21.5 Å². The molecule has 0 aromatic heterocycles. The van der Waals surface area contributed by atoms with Crippen molar-refractivity contribution in [1.29, 1.82) is 0 Å². The Labute approximate surface area is 116 Å². The summed E-state index contributed by atoms with van der Waals surface area (Å²) in [4.78, 5) is 33.7. The molecule has 7 heteroatoms. The fourth-order valence-corrected chi connectivity index (χ4v) is 1.59. The number of benzene rings is 1. The Kier molecular flexibility index (Phi) is 5.67. The quantitative estimate of drug-likeness (QED) is 0.619. The van der Waals surface area contributed by atoms with Crippen molar-refractivity contribution in [1.82, 2.24) is 0 Å². The number of carbonyl (C=O) groups is 3. The Hall–Kier alpha value is -2.41. The van der Waals surface area contributed by atoms with Crippen LogP contribution in [0.15, 0.2) is 18.2 Å². The summed E-state index contributed by atoms with van der Waals surface area (Å²) in [7, 11) is 0. The normalized spacial score (nSPS) is 9.90. The Morgan fingerprint density at radius 1 is 1.25 bits per heavy atom. The van der Waals surface area contributed by atoms with Gasteiger partial charge in [-0.15, -0.1) is 0 Å². The van der Waals surface area contributed by atoms with E-state index in [4.69, 9.17) is 10.8 Å². The molecule has 0 atom stereocenters. The van der Waals surface area contributed by atoms with Gasteiger partial charge >= 0.3 is 5.97 Å². The monoisotopic (exact) mass is 279 g/mol. The molecule has 0 saturated heterocycles. The van der Waals surface area contributed by atoms with Crippen LogP contribution in [-0.2, 0) is 9.59 Å². The molecule has 0 unspecified atom stereocenters. The summed E-state index contributed by atoms with van der Waals surface area (Å²) in [5.74, 6) is -1.79. The maximum Gasteiger partial charge on any atom is 0.337 e. The lowest BCUT2D eigenvalue weighted by Crippen LogP contribution is -2.16. The molecule has 0 saturated carbocycles. The predicted octanol–water partition coefficient (Wildman–Crippen LogP) is 1.02. The number of nitrogens with two attached hydrogens (primary N) is 1. The van der Waals surface area contributed by atoms with Crippen LogP contribution >= 0.6 is 0 Å². The first-order valence-electron chi connectivity index (χ1n) is 6.09. The van der Waals surface area contributed by atoms with Gasteiger partial charge in [-0.1, -0.05) is 0 Å². The van der Waals surface area contributed by atoms with Crippen LogP contribution in [0.2, 0.25) is 0 Å². The molecule has 1 aromatic carbocycles. The maximum atomic E-state index is 11.6. The molecule has 1 rings (SSSR count). The van der Waals surface area contributed by atoms with Gasteiger partial charge in [-0.05, 0) is 31.2 Å². The zero-order chi connectivity index (χ0) is 15.1. The molecule has 2 amide bonds. The summed E-state index contributed by atoms with van der Waals surface area (Å²) in [5, 5.41) is 14.1. The fraction of sp³-hybridized carbons (Fsp3) is 0.308. The third-order valence-electron chi connectivity index (χ3n) is 2.45. The van der Waals surface area contributed by atoms with E-state index in [1.807, 2.05) is 0 Å². The molecule has 0 heterocycles. The molecule has 0 bridgehead atoms. The van der Waals surface area contributed by atoms with Crippen molar-refractivity contribution in [3.05, 3.63) is 23.8 Å². The third-order valence-corrected chi connectivity index (χ3v) is 2.45. The van der Waals surface area contributed by atoms with Gasteiger partial charge in [0.2, 0.25) is 11.8 Å². The Bertz CT molecular complexity index is 528. The van der Waals surface area contributed by atoms with Crippen molar-refractivity contribution in [2.45, 2.75) is 19.8 Å². The number of carbonyl (C=O) groups excluding carboxylic acids is 2. The summed E-state index contributed by atoms with van der Waals surface area (Å²) >= 11 is 0. The predicted molar refractivity (Wildman–Crippen MR) is 74.6 cm³/mol. The lowest BCUT2D eigenvalue weighted by atomic mass is 10.1. The van der Waals surface area contributed by atoms with Crippen LogP contribution in [-0.4, -0.2) is 29.4 Å². The second-order valence-corrected chi connectivity index (χ2v) is 4.19. The van der Waals surface area contributed by atoms with E-state index in [0.717, 1.165) is 0 Å². The van der Waals surface area contributed by atoms with E-state index in [1.165, 1.54) is 25.1 Å². The molecule has 0 aliphatic rings. The topological polar surface area (TPSA) is 122 Å². The van der Waals surface area contributed by atoms with E-state index in [9.17, 15) is 14.4 Å². The number of amides is 2. The molecule has 0 aliphatic carbocycles. The van der Waals surface area contributed by atoms with Gasteiger partial charge in [0, 0.05) is 19.0 Å². The minimum absolute atomic E-state index is 0.0858. The molecular formula is C13H17N3O4. The Balaban J connectivity index is 2.92. The van der Waals surface area contributed by atoms with E-state index < -0.39 is 5.97 Å². The van der Waals surface area contributed by atoms with Crippen molar-refractivity contribution >= 4 is 29.2 Å². The summed E-state index contributed by atoms with van der Waals surface area (Å²) in [6.07, 6.45) is 0.751. The zero-order valence-electron chi connectivity index (χ0n) is 11.1. The van der Waals surface area contributed by atoms with Crippen LogP contribution in [0, 0.1) is 0 Å². The number of carboxylic acid groups (broad SMARTS) is 1. The minimum atomic E-state index is -1.19. The molecule has 108 valence electrons. The highest BCUT2D eigenvalue weighted by Gasteiger charge is 2.13. The van der Waals surface area contributed by atoms with Crippen molar-refractivity contribution in [2.75, 3.05) is 17.2 Å². The van der Waals surface area contributed by atoms with Gasteiger partial charge in [0.25, 0.3) is 0 Å². The van der Waals surface area contributed by atoms with E-state index in [0.29, 0.717) is 18.7 Å². The second kappa shape index (κ2) is 7.25. The Morgan fingerprint density at radius 3 is 2.50 bits per heavy atom. The molecule has 20 heavy (non-hydrogen) atoms. The largest absolute Gasteiger partial charge is 0.478 e. The average Bonchev–Trinajstić information content (AvgIpc) is 2.37. The van der Waals surface area contributed by atoms with Crippen LogP contribution < -0.4 is 16.4 Å². The number of hydrogen-bond acceptors (Lipinski definition) is 4. The van der Waals surface area contributed by atoms with E-state index >= 15 is 0 Å². The highest BCUT2D eigenvalue weighted by Crippen LogP contribution is 2.21. The smallest absolute Gasteiger partial charge is 0.337 e. The zero-order valence-corrected chi connectivity index (χ0v) is 11.1. The standard InChI is InChI=1S/C13H17N3O4/c1-8(17)15-9-4-5-11(10(7-9)13(19)20)16-12(18)3-2-6-14/h4-5,7H,2-3,6,14H2,1H3,(H,15,17)(H,16,18)(H,19,20). The Morgan fingerprint density at radius 2 is 1.95 bits per heavy atom.